The van der Waals surface area contributed by atoms with E-state index < -0.39 is 11.9 Å². The highest BCUT2D eigenvalue weighted by atomic mass is 32.2. The van der Waals surface area contributed by atoms with Crippen LogP contribution in [0.4, 0.5) is 13.2 Å². The van der Waals surface area contributed by atoms with E-state index >= 15 is 0 Å². The van der Waals surface area contributed by atoms with E-state index in [9.17, 15) is 18.4 Å². The van der Waals surface area contributed by atoms with E-state index in [1.165, 1.54) is 36.4 Å². The maximum atomic E-state index is 12.5. The maximum absolute atomic E-state index is 12.5. The zero-order chi connectivity index (χ0) is 13.7. The molecule has 0 saturated carbocycles. The van der Waals surface area contributed by atoms with E-state index in [1.54, 1.807) is 6.92 Å². The molecule has 0 unspecified atom stereocenters. The number of thiazole rings is 1. The lowest BCUT2D eigenvalue weighted by Gasteiger charge is -1.94. The molecule has 8 heteroatoms. The Morgan fingerprint density at radius 3 is 2.72 bits per heavy atom. The lowest BCUT2D eigenvalue weighted by molar-refractivity contribution is -0.416. The van der Waals surface area contributed by atoms with Crippen molar-refractivity contribution in [2.45, 2.75) is 17.7 Å². The van der Waals surface area contributed by atoms with Crippen molar-refractivity contribution in [3.63, 3.8) is 0 Å². The predicted octanol–water partition coefficient (Wildman–Crippen LogP) is 3.57. The summed E-state index contributed by atoms with van der Waals surface area (Å²) in [6, 6.07) is 0. The minimum Gasteiger partial charge on any atom is -0.624 e. The SMILES string of the molecule is Cc1nc(SCCC(F)=C(F)F)sc1/C=[N+](/C)[O-]. The molecule has 0 radical (unpaired) electrons. The fraction of sp³-hybridized carbons (Fsp3) is 0.400. The summed E-state index contributed by atoms with van der Waals surface area (Å²) >= 11 is 2.46. The lowest BCUT2D eigenvalue weighted by Crippen LogP contribution is -1.96. The van der Waals surface area contributed by atoms with E-state index in [1.807, 2.05) is 0 Å². The Balaban J connectivity index is 2.59. The van der Waals surface area contributed by atoms with Gasteiger partial charge < -0.3 is 5.21 Å². The zero-order valence-corrected chi connectivity index (χ0v) is 11.4. The Morgan fingerprint density at radius 1 is 1.50 bits per heavy atom. The molecule has 0 amide bonds. The van der Waals surface area contributed by atoms with Gasteiger partial charge in [-0.2, -0.15) is 8.78 Å². The lowest BCUT2D eigenvalue weighted by atomic mass is 10.4. The molecule has 0 fully saturated rings. The fourth-order valence-corrected chi connectivity index (χ4v) is 3.23. The second-order valence-electron chi connectivity index (χ2n) is 3.37. The third kappa shape index (κ3) is 4.69. The Bertz CT molecular complexity index is 477. The Morgan fingerprint density at radius 2 is 2.17 bits per heavy atom. The number of hydrogen-bond acceptors (Lipinski definition) is 4. The predicted molar refractivity (Wildman–Crippen MR) is 67.3 cm³/mol. The van der Waals surface area contributed by atoms with E-state index in [2.05, 4.69) is 4.98 Å². The number of allylic oxidation sites excluding steroid dienone is 1. The first-order valence-corrected chi connectivity index (χ1v) is 6.75. The summed E-state index contributed by atoms with van der Waals surface area (Å²) in [4.78, 5) is 4.87. The van der Waals surface area contributed by atoms with Gasteiger partial charge in [0.05, 0.1) is 5.69 Å². The first-order valence-electron chi connectivity index (χ1n) is 4.95. The number of hydrogen-bond donors (Lipinski definition) is 0. The number of aryl methyl sites for hydroxylation is 1. The molecule has 18 heavy (non-hydrogen) atoms. The first-order chi connectivity index (χ1) is 8.40. The molecular formula is C10H11F3N2OS2. The molecule has 1 aromatic rings. The molecule has 100 valence electrons. The van der Waals surface area contributed by atoms with Crippen molar-refractivity contribution in [2.24, 2.45) is 0 Å². The van der Waals surface area contributed by atoms with Gasteiger partial charge in [-0.1, -0.05) is 11.8 Å². The third-order valence-corrected chi connectivity index (χ3v) is 4.10. The van der Waals surface area contributed by atoms with Crippen LogP contribution in [0, 0.1) is 12.1 Å². The molecule has 3 nitrogen and oxygen atoms in total. The normalized spacial score (nSPS) is 11.7. The van der Waals surface area contributed by atoms with Crippen molar-refractivity contribution in [3.8, 4) is 0 Å². The summed E-state index contributed by atoms with van der Waals surface area (Å²) in [6.07, 6.45) is -1.21. The molecule has 0 bridgehead atoms. The number of halogens is 3. The summed E-state index contributed by atoms with van der Waals surface area (Å²) in [5, 5.41) is 10.8. The molecule has 0 aliphatic heterocycles. The molecule has 0 aliphatic carbocycles. The van der Waals surface area contributed by atoms with Crippen molar-refractivity contribution in [1.82, 2.24) is 4.98 Å². The summed E-state index contributed by atoms with van der Waals surface area (Å²) in [7, 11) is 1.36. The molecule has 0 aromatic carbocycles. The smallest absolute Gasteiger partial charge is 0.301 e. The number of rotatable bonds is 5. The van der Waals surface area contributed by atoms with Crippen LogP contribution in [-0.4, -0.2) is 28.7 Å². The van der Waals surface area contributed by atoms with Gasteiger partial charge in [-0.3, -0.25) is 0 Å². The van der Waals surface area contributed by atoms with Crippen LogP contribution < -0.4 is 0 Å². The quantitative estimate of drug-likeness (QED) is 0.274. The van der Waals surface area contributed by atoms with E-state index in [0.717, 1.165) is 0 Å². The van der Waals surface area contributed by atoms with Crippen LogP contribution in [0.25, 0.3) is 0 Å². The van der Waals surface area contributed by atoms with Crippen LogP contribution in [0.2, 0.25) is 0 Å². The number of thioether (sulfide) groups is 1. The second-order valence-corrected chi connectivity index (χ2v) is 5.74. The largest absolute Gasteiger partial charge is 0.624 e. The Labute approximate surface area is 111 Å². The van der Waals surface area contributed by atoms with Crippen LogP contribution in [0.5, 0.6) is 0 Å². The number of aromatic nitrogens is 1. The topological polar surface area (TPSA) is 39.0 Å². The summed E-state index contributed by atoms with van der Waals surface area (Å²) in [6.45, 7) is 1.75. The summed E-state index contributed by atoms with van der Waals surface area (Å²) < 4.78 is 37.4. The molecule has 0 spiro atoms. The number of hydroxylamine groups is 1. The van der Waals surface area contributed by atoms with Crippen LogP contribution >= 0.6 is 23.1 Å². The van der Waals surface area contributed by atoms with E-state index in [0.29, 0.717) is 19.6 Å². The third-order valence-electron chi connectivity index (χ3n) is 1.86. The van der Waals surface area contributed by atoms with Gasteiger partial charge in [0.1, 0.15) is 11.9 Å². The zero-order valence-electron chi connectivity index (χ0n) is 9.74. The average Bonchev–Trinajstić information content (AvgIpc) is 2.58. The first kappa shape index (κ1) is 15.0. The van der Waals surface area contributed by atoms with Gasteiger partial charge in [0, 0.05) is 12.2 Å². The van der Waals surface area contributed by atoms with Gasteiger partial charge in [-0.25, -0.2) is 14.1 Å². The van der Waals surface area contributed by atoms with Crippen LogP contribution in [0.15, 0.2) is 16.2 Å². The van der Waals surface area contributed by atoms with E-state index in [4.69, 9.17) is 0 Å². The summed E-state index contributed by atoms with van der Waals surface area (Å²) in [5.74, 6) is -1.20. The maximum Gasteiger partial charge on any atom is 0.301 e. The van der Waals surface area contributed by atoms with Crippen molar-refractivity contribution >= 4 is 29.3 Å². The van der Waals surface area contributed by atoms with Gasteiger partial charge in [0.2, 0.25) is 0 Å². The summed E-state index contributed by atoms with van der Waals surface area (Å²) in [5.41, 5.74) is 0.692. The monoisotopic (exact) mass is 296 g/mol. The highest BCUT2D eigenvalue weighted by Crippen LogP contribution is 2.28. The Kier molecular flexibility index (Phi) is 5.67. The van der Waals surface area contributed by atoms with Crippen molar-refractivity contribution in [1.29, 1.82) is 0 Å². The Hall–Kier alpha value is -1.02. The molecule has 0 atom stereocenters. The standard InChI is InChI=1S/C10H11F3N2OS2/c1-6-8(5-15(2)16)18-10(14-6)17-4-3-7(11)9(12)13/h5H,3-4H2,1-2H3/b15-5-. The molecule has 1 rings (SSSR count). The number of nitrogens with zero attached hydrogens (tertiary/aromatic N) is 2. The van der Waals surface area contributed by atoms with Crippen molar-refractivity contribution < 1.29 is 17.9 Å². The average molecular weight is 296 g/mol. The molecular weight excluding hydrogens is 285 g/mol. The van der Waals surface area contributed by atoms with E-state index in [-0.39, 0.29) is 12.2 Å². The van der Waals surface area contributed by atoms with Gasteiger partial charge in [-0.15, -0.1) is 11.3 Å². The van der Waals surface area contributed by atoms with Crippen LogP contribution in [-0.2, 0) is 0 Å². The van der Waals surface area contributed by atoms with Crippen LogP contribution in [0.3, 0.4) is 0 Å². The van der Waals surface area contributed by atoms with Crippen molar-refractivity contribution in [2.75, 3.05) is 12.8 Å². The van der Waals surface area contributed by atoms with Crippen molar-refractivity contribution in [3.05, 3.63) is 27.7 Å². The molecule has 0 N–H and O–H groups in total. The van der Waals surface area contributed by atoms with Gasteiger partial charge >= 0.3 is 6.08 Å². The van der Waals surface area contributed by atoms with Crippen LogP contribution in [0.1, 0.15) is 17.0 Å². The second kappa shape index (κ2) is 6.79. The molecule has 0 aliphatic rings. The minimum absolute atomic E-state index is 0.183. The fourth-order valence-electron chi connectivity index (χ4n) is 1.05. The van der Waals surface area contributed by atoms with Gasteiger partial charge in [-0.05, 0) is 6.92 Å². The molecule has 0 saturated heterocycles. The van der Waals surface area contributed by atoms with Gasteiger partial charge in [0.15, 0.2) is 16.4 Å². The van der Waals surface area contributed by atoms with Gasteiger partial charge in [0.25, 0.3) is 0 Å². The highest BCUT2D eigenvalue weighted by molar-refractivity contribution is 8.01. The molecule has 1 heterocycles. The highest BCUT2D eigenvalue weighted by Gasteiger charge is 2.10. The minimum atomic E-state index is -2.27. The molecule has 1 aromatic heterocycles.